The van der Waals surface area contributed by atoms with E-state index < -0.39 is 0 Å². The molecule has 0 amide bonds. The lowest BCUT2D eigenvalue weighted by Crippen LogP contribution is -2.08. The molecule has 0 fully saturated rings. The Balaban J connectivity index is 2.17. The highest BCUT2D eigenvalue weighted by Gasteiger charge is 2.04. The standard InChI is InChI=1S/C11H22N4O/c1-9(2)4-6-16-7-5-15-8-11(10(3)12)13-14-15/h8-10H,4-7,12H2,1-3H3. The fourth-order valence-electron chi connectivity index (χ4n) is 1.21. The van der Waals surface area contributed by atoms with Gasteiger partial charge in [0, 0.05) is 12.6 Å². The number of nitrogens with zero attached hydrogens (tertiary/aromatic N) is 3. The maximum absolute atomic E-state index is 5.69. The van der Waals surface area contributed by atoms with Crippen LogP contribution in [0.4, 0.5) is 0 Å². The van der Waals surface area contributed by atoms with E-state index in [0.717, 1.165) is 25.3 Å². The van der Waals surface area contributed by atoms with Crippen molar-refractivity contribution >= 4 is 0 Å². The van der Waals surface area contributed by atoms with Gasteiger partial charge in [-0.05, 0) is 19.3 Å². The summed E-state index contributed by atoms with van der Waals surface area (Å²) >= 11 is 0. The lowest BCUT2D eigenvalue weighted by Gasteiger charge is -2.05. The maximum Gasteiger partial charge on any atom is 0.0991 e. The van der Waals surface area contributed by atoms with Crippen molar-refractivity contribution in [1.29, 1.82) is 0 Å². The topological polar surface area (TPSA) is 66.0 Å². The van der Waals surface area contributed by atoms with Crippen molar-refractivity contribution in [1.82, 2.24) is 15.0 Å². The second-order valence-corrected chi connectivity index (χ2v) is 4.49. The fourth-order valence-corrected chi connectivity index (χ4v) is 1.21. The Morgan fingerprint density at radius 1 is 1.38 bits per heavy atom. The molecule has 1 aromatic rings. The number of hydrogen-bond donors (Lipinski definition) is 1. The summed E-state index contributed by atoms with van der Waals surface area (Å²) < 4.78 is 7.27. The van der Waals surface area contributed by atoms with Crippen molar-refractivity contribution in [2.24, 2.45) is 11.7 Å². The van der Waals surface area contributed by atoms with E-state index in [1.54, 1.807) is 4.68 Å². The number of aromatic nitrogens is 3. The zero-order chi connectivity index (χ0) is 12.0. The van der Waals surface area contributed by atoms with Gasteiger partial charge in [0.1, 0.15) is 0 Å². The highest BCUT2D eigenvalue weighted by atomic mass is 16.5. The van der Waals surface area contributed by atoms with Gasteiger partial charge in [-0.1, -0.05) is 19.1 Å². The van der Waals surface area contributed by atoms with E-state index in [1.807, 2.05) is 13.1 Å². The van der Waals surface area contributed by atoms with Crippen molar-refractivity contribution in [3.63, 3.8) is 0 Å². The SMILES string of the molecule is CC(C)CCOCCn1cc(C(C)N)nn1. The van der Waals surface area contributed by atoms with Crippen LogP contribution in [0, 0.1) is 5.92 Å². The van der Waals surface area contributed by atoms with Crippen LogP contribution in [-0.2, 0) is 11.3 Å². The van der Waals surface area contributed by atoms with Crippen molar-refractivity contribution < 1.29 is 4.74 Å². The summed E-state index contributed by atoms with van der Waals surface area (Å²) in [4.78, 5) is 0. The summed E-state index contributed by atoms with van der Waals surface area (Å²) in [6.45, 7) is 8.50. The molecule has 0 bridgehead atoms. The third-order valence-corrected chi connectivity index (χ3v) is 2.33. The molecule has 0 aromatic carbocycles. The van der Waals surface area contributed by atoms with Gasteiger partial charge in [0.15, 0.2) is 0 Å². The Hall–Kier alpha value is -0.940. The molecule has 0 aliphatic rings. The van der Waals surface area contributed by atoms with Crippen LogP contribution < -0.4 is 5.73 Å². The molecule has 0 radical (unpaired) electrons. The van der Waals surface area contributed by atoms with Gasteiger partial charge in [-0.2, -0.15) is 0 Å². The van der Waals surface area contributed by atoms with Crippen LogP contribution >= 0.6 is 0 Å². The summed E-state index contributed by atoms with van der Waals surface area (Å²) in [5.41, 5.74) is 6.51. The first-order valence-electron chi connectivity index (χ1n) is 5.83. The van der Waals surface area contributed by atoms with E-state index in [9.17, 15) is 0 Å². The summed E-state index contributed by atoms with van der Waals surface area (Å²) in [5, 5.41) is 7.95. The first-order chi connectivity index (χ1) is 7.59. The van der Waals surface area contributed by atoms with E-state index in [0.29, 0.717) is 12.5 Å². The molecule has 1 rings (SSSR count). The van der Waals surface area contributed by atoms with Gasteiger partial charge in [0.25, 0.3) is 0 Å². The molecule has 0 saturated carbocycles. The molecular weight excluding hydrogens is 204 g/mol. The van der Waals surface area contributed by atoms with Crippen LogP contribution in [0.3, 0.4) is 0 Å². The molecule has 1 aromatic heterocycles. The molecule has 5 heteroatoms. The Kier molecular flexibility index (Phi) is 5.42. The minimum Gasteiger partial charge on any atom is -0.380 e. The molecule has 0 aliphatic heterocycles. The van der Waals surface area contributed by atoms with Gasteiger partial charge in [-0.15, -0.1) is 5.10 Å². The fraction of sp³-hybridized carbons (Fsp3) is 0.818. The smallest absolute Gasteiger partial charge is 0.0991 e. The average molecular weight is 226 g/mol. The van der Waals surface area contributed by atoms with Crippen LogP contribution in [-0.4, -0.2) is 28.2 Å². The molecule has 0 aliphatic carbocycles. The van der Waals surface area contributed by atoms with Gasteiger partial charge in [-0.3, -0.25) is 0 Å². The Labute approximate surface area is 97.0 Å². The van der Waals surface area contributed by atoms with Crippen molar-refractivity contribution in [2.45, 2.75) is 39.8 Å². The maximum atomic E-state index is 5.69. The van der Waals surface area contributed by atoms with Crippen molar-refractivity contribution in [2.75, 3.05) is 13.2 Å². The monoisotopic (exact) mass is 226 g/mol. The molecule has 92 valence electrons. The molecule has 1 unspecified atom stereocenters. The minimum absolute atomic E-state index is 0.0596. The first kappa shape index (κ1) is 13.1. The van der Waals surface area contributed by atoms with Crippen LogP contribution in [0.5, 0.6) is 0 Å². The molecule has 2 N–H and O–H groups in total. The molecular formula is C11H22N4O. The second-order valence-electron chi connectivity index (χ2n) is 4.49. The average Bonchev–Trinajstić information content (AvgIpc) is 2.65. The zero-order valence-corrected chi connectivity index (χ0v) is 10.4. The second kappa shape index (κ2) is 6.60. The lowest BCUT2D eigenvalue weighted by molar-refractivity contribution is 0.113. The third kappa shape index (κ3) is 4.72. The largest absolute Gasteiger partial charge is 0.380 e. The molecule has 0 spiro atoms. The first-order valence-corrected chi connectivity index (χ1v) is 5.83. The van der Waals surface area contributed by atoms with Crippen molar-refractivity contribution in [3.8, 4) is 0 Å². The summed E-state index contributed by atoms with van der Waals surface area (Å²) in [5.74, 6) is 0.691. The minimum atomic E-state index is -0.0596. The van der Waals surface area contributed by atoms with E-state index >= 15 is 0 Å². The highest BCUT2D eigenvalue weighted by Crippen LogP contribution is 2.03. The number of nitrogens with two attached hydrogens (primary N) is 1. The van der Waals surface area contributed by atoms with E-state index in [1.165, 1.54) is 0 Å². The number of rotatable bonds is 7. The molecule has 1 atom stereocenters. The summed E-state index contributed by atoms with van der Waals surface area (Å²) in [7, 11) is 0. The van der Waals surface area contributed by atoms with E-state index in [2.05, 4.69) is 24.2 Å². The van der Waals surface area contributed by atoms with Gasteiger partial charge in [0.2, 0.25) is 0 Å². The Morgan fingerprint density at radius 2 is 2.12 bits per heavy atom. The molecule has 5 nitrogen and oxygen atoms in total. The molecule has 1 heterocycles. The molecule has 16 heavy (non-hydrogen) atoms. The van der Waals surface area contributed by atoms with Gasteiger partial charge in [-0.25, -0.2) is 4.68 Å². The van der Waals surface area contributed by atoms with Gasteiger partial charge >= 0.3 is 0 Å². The van der Waals surface area contributed by atoms with E-state index in [-0.39, 0.29) is 6.04 Å². The normalized spacial score (nSPS) is 13.3. The van der Waals surface area contributed by atoms with Gasteiger partial charge in [0.05, 0.1) is 25.0 Å². The Bertz CT molecular complexity index is 296. The Morgan fingerprint density at radius 3 is 2.69 bits per heavy atom. The van der Waals surface area contributed by atoms with Crippen LogP contribution in [0.25, 0.3) is 0 Å². The predicted octanol–water partition coefficient (Wildman–Crippen LogP) is 1.36. The zero-order valence-electron chi connectivity index (χ0n) is 10.4. The predicted molar refractivity (Wildman–Crippen MR) is 62.9 cm³/mol. The van der Waals surface area contributed by atoms with Crippen LogP contribution in [0.1, 0.15) is 38.9 Å². The summed E-state index contributed by atoms with van der Waals surface area (Å²) in [6, 6.07) is -0.0596. The summed E-state index contributed by atoms with van der Waals surface area (Å²) in [6.07, 6.45) is 2.97. The number of ether oxygens (including phenoxy) is 1. The third-order valence-electron chi connectivity index (χ3n) is 2.33. The highest BCUT2D eigenvalue weighted by molar-refractivity contribution is 4.97. The van der Waals surface area contributed by atoms with Gasteiger partial charge < -0.3 is 10.5 Å². The quantitative estimate of drug-likeness (QED) is 0.713. The number of hydrogen-bond acceptors (Lipinski definition) is 4. The van der Waals surface area contributed by atoms with E-state index in [4.69, 9.17) is 10.5 Å². The van der Waals surface area contributed by atoms with Crippen LogP contribution in [0.2, 0.25) is 0 Å². The molecule has 0 saturated heterocycles. The van der Waals surface area contributed by atoms with Crippen LogP contribution in [0.15, 0.2) is 6.20 Å². The lowest BCUT2D eigenvalue weighted by atomic mass is 10.1. The van der Waals surface area contributed by atoms with Crippen molar-refractivity contribution in [3.05, 3.63) is 11.9 Å².